The number of carbonyl (C=O) groups is 1. The van der Waals surface area contributed by atoms with E-state index in [4.69, 9.17) is 4.74 Å². The summed E-state index contributed by atoms with van der Waals surface area (Å²) in [4.78, 5) is 15.3. The number of carbonyl (C=O) groups excluding carboxylic acids is 1. The number of benzene rings is 2. The monoisotopic (exact) mass is 404 g/mol. The van der Waals surface area contributed by atoms with Crippen molar-refractivity contribution in [3.63, 3.8) is 0 Å². The molecule has 0 saturated heterocycles. The zero-order chi connectivity index (χ0) is 19.8. The SMILES string of the molecule is Cc1ccccc1OC(C(=O)NCCN(C(C)C)C(C)C)c1ccccc1.Cl. The van der Waals surface area contributed by atoms with Gasteiger partial charge in [-0.05, 0) is 46.2 Å². The van der Waals surface area contributed by atoms with Crippen molar-refractivity contribution >= 4 is 18.3 Å². The summed E-state index contributed by atoms with van der Waals surface area (Å²) < 4.78 is 6.12. The second-order valence-electron chi connectivity index (χ2n) is 7.39. The fourth-order valence-electron chi connectivity index (χ4n) is 3.23. The van der Waals surface area contributed by atoms with Crippen molar-refractivity contribution in [1.29, 1.82) is 0 Å². The van der Waals surface area contributed by atoms with Crippen LogP contribution < -0.4 is 10.1 Å². The molecule has 0 aromatic heterocycles. The third kappa shape index (κ3) is 6.84. The number of hydrogen-bond acceptors (Lipinski definition) is 3. The van der Waals surface area contributed by atoms with Gasteiger partial charge in [-0.3, -0.25) is 9.69 Å². The zero-order valence-electron chi connectivity index (χ0n) is 17.5. The van der Waals surface area contributed by atoms with Crippen molar-refractivity contribution < 1.29 is 9.53 Å². The molecule has 2 aromatic rings. The van der Waals surface area contributed by atoms with Gasteiger partial charge in [0.1, 0.15) is 5.75 Å². The number of aryl methyl sites for hydroxylation is 1. The number of rotatable bonds is 9. The predicted octanol–water partition coefficient (Wildman–Crippen LogP) is 4.77. The Morgan fingerprint density at radius 1 is 0.964 bits per heavy atom. The van der Waals surface area contributed by atoms with Crippen LogP contribution in [-0.2, 0) is 4.79 Å². The Hall–Kier alpha value is -2.04. The molecule has 0 aliphatic rings. The molecule has 0 heterocycles. The summed E-state index contributed by atoms with van der Waals surface area (Å²) in [6.45, 7) is 12.1. The van der Waals surface area contributed by atoms with E-state index in [9.17, 15) is 4.79 Å². The van der Waals surface area contributed by atoms with Gasteiger partial charge in [0.25, 0.3) is 5.91 Å². The second kappa shape index (κ2) is 11.7. The van der Waals surface area contributed by atoms with Gasteiger partial charge in [0.05, 0.1) is 0 Å². The van der Waals surface area contributed by atoms with Gasteiger partial charge in [0.15, 0.2) is 0 Å². The first-order valence-corrected chi connectivity index (χ1v) is 9.70. The van der Waals surface area contributed by atoms with E-state index in [2.05, 4.69) is 37.9 Å². The third-order valence-corrected chi connectivity index (χ3v) is 4.67. The molecule has 2 rings (SSSR count). The Balaban J connectivity index is 0.00000392. The van der Waals surface area contributed by atoms with E-state index in [1.807, 2.05) is 61.5 Å². The molecule has 0 radical (unpaired) electrons. The van der Waals surface area contributed by atoms with E-state index < -0.39 is 6.10 Å². The van der Waals surface area contributed by atoms with E-state index in [1.165, 1.54) is 0 Å². The largest absolute Gasteiger partial charge is 0.476 e. The van der Waals surface area contributed by atoms with Crippen LogP contribution in [0.2, 0.25) is 0 Å². The molecule has 0 aliphatic heterocycles. The van der Waals surface area contributed by atoms with Crippen LogP contribution in [0.25, 0.3) is 0 Å². The lowest BCUT2D eigenvalue weighted by molar-refractivity contribution is -0.128. The van der Waals surface area contributed by atoms with Gasteiger partial charge in [-0.15, -0.1) is 12.4 Å². The molecule has 5 heteroatoms. The lowest BCUT2D eigenvalue weighted by atomic mass is 10.1. The Morgan fingerprint density at radius 3 is 2.11 bits per heavy atom. The summed E-state index contributed by atoms with van der Waals surface area (Å²) in [5.41, 5.74) is 1.86. The van der Waals surface area contributed by atoms with Crippen LogP contribution in [0.4, 0.5) is 0 Å². The van der Waals surface area contributed by atoms with Gasteiger partial charge < -0.3 is 10.1 Å². The standard InChI is InChI=1S/C23H32N2O2.ClH/c1-17(2)25(18(3)4)16-15-24-23(26)22(20-12-7-6-8-13-20)27-21-14-10-9-11-19(21)5;/h6-14,17-18,22H,15-16H2,1-5H3,(H,24,26);1H. The molecule has 4 nitrogen and oxygen atoms in total. The number of halogens is 1. The summed E-state index contributed by atoms with van der Waals surface area (Å²) in [7, 11) is 0. The maximum Gasteiger partial charge on any atom is 0.265 e. The highest BCUT2D eigenvalue weighted by Gasteiger charge is 2.23. The van der Waals surface area contributed by atoms with Crippen LogP contribution in [0.3, 0.4) is 0 Å². The maximum atomic E-state index is 12.9. The Kier molecular flexibility index (Phi) is 10.0. The number of nitrogens with zero attached hydrogens (tertiary/aromatic N) is 1. The van der Waals surface area contributed by atoms with Gasteiger partial charge in [0, 0.05) is 30.7 Å². The van der Waals surface area contributed by atoms with Crippen molar-refractivity contribution in [2.24, 2.45) is 0 Å². The third-order valence-electron chi connectivity index (χ3n) is 4.67. The van der Waals surface area contributed by atoms with Crippen molar-refractivity contribution in [2.45, 2.75) is 52.8 Å². The lowest BCUT2D eigenvalue weighted by Gasteiger charge is -2.30. The van der Waals surface area contributed by atoms with Crippen LogP contribution in [0.15, 0.2) is 54.6 Å². The van der Waals surface area contributed by atoms with Gasteiger partial charge in [-0.25, -0.2) is 0 Å². The smallest absolute Gasteiger partial charge is 0.265 e. The number of nitrogens with one attached hydrogen (secondary N) is 1. The topological polar surface area (TPSA) is 41.6 Å². The normalized spacial score (nSPS) is 12.0. The molecule has 0 fully saturated rings. The molecule has 1 atom stereocenters. The van der Waals surface area contributed by atoms with Crippen molar-refractivity contribution in [3.8, 4) is 5.75 Å². The first-order valence-electron chi connectivity index (χ1n) is 9.70. The van der Waals surface area contributed by atoms with Crippen LogP contribution >= 0.6 is 12.4 Å². The van der Waals surface area contributed by atoms with Crippen LogP contribution in [0, 0.1) is 6.92 Å². The van der Waals surface area contributed by atoms with Crippen molar-refractivity contribution in [2.75, 3.05) is 13.1 Å². The summed E-state index contributed by atoms with van der Waals surface area (Å²) in [6.07, 6.45) is -0.668. The Bertz CT molecular complexity index is 712. The van der Waals surface area contributed by atoms with Gasteiger partial charge >= 0.3 is 0 Å². The fraction of sp³-hybridized carbons (Fsp3) is 0.435. The molecule has 0 spiro atoms. The van der Waals surface area contributed by atoms with Crippen LogP contribution in [-0.4, -0.2) is 36.0 Å². The number of para-hydroxylation sites is 1. The first-order chi connectivity index (χ1) is 12.9. The highest BCUT2D eigenvalue weighted by Crippen LogP contribution is 2.25. The van der Waals surface area contributed by atoms with E-state index in [-0.39, 0.29) is 18.3 Å². The number of hydrogen-bond donors (Lipinski definition) is 1. The summed E-state index contributed by atoms with van der Waals surface area (Å²) in [6, 6.07) is 18.3. The molecule has 1 N–H and O–H groups in total. The second-order valence-corrected chi connectivity index (χ2v) is 7.39. The van der Waals surface area contributed by atoms with Gasteiger partial charge in [-0.1, -0.05) is 48.5 Å². The van der Waals surface area contributed by atoms with E-state index in [0.717, 1.165) is 23.4 Å². The minimum atomic E-state index is -0.668. The first kappa shape index (κ1) is 24.0. The summed E-state index contributed by atoms with van der Waals surface area (Å²) in [5, 5.41) is 3.06. The quantitative estimate of drug-likeness (QED) is 0.654. The minimum absolute atomic E-state index is 0. The van der Waals surface area contributed by atoms with E-state index in [0.29, 0.717) is 18.6 Å². The summed E-state index contributed by atoms with van der Waals surface area (Å²) >= 11 is 0. The molecule has 154 valence electrons. The van der Waals surface area contributed by atoms with Crippen molar-refractivity contribution in [3.05, 3.63) is 65.7 Å². The molecule has 1 unspecified atom stereocenters. The van der Waals surface area contributed by atoms with Crippen LogP contribution in [0.5, 0.6) is 5.75 Å². The molecule has 0 saturated carbocycles. The molecular formula is C23H33ClN2O2. The van der Waals surface area contributed by atoms with Gasteiger partial charge in [-0.2, -0.15) is 0 Å². The lowest BCUT2D eigenvalue weighted by Crippen LogP contribution is -2.43. The van der Waals surface area contributed by atoms with Crippen molar-refractivity contribution in [1.82, 2.24) is 10.2 Å². The molecule has 0 bridgehead atoms. The average molecular weight is 405 g/mol. The minimum Gasteiger partial charge on any atom is -0.476 e. The van der Waals surface area contributed by atoms with E-state index in [1.54, 1.807) is 0 Å². The molecule has 0 aliphatic carbocycles. The van der Waals surface area contributed by atoms with Crippen LogP contribution in [0.1, 0.15) is 44.9 Å². The van der Waals surface area contributed by atoms with Gasteiger partial charge in [0.2, 0.25) is 6.10 Å². The molecule has 2 aromatic carbocycles. The fourth-order valence-corrected chi connectivity index (χ4v) is 3.23. The number of amides is 1. The zero-order valence-corrected chi connectivity index (χ0v) is 18.3. The Morgan fingerprint density at radius 2 is 1.54 bits per heavy atom. The predicted molar refractivity (Wildman–Crippen MR) is 118 cm³/mol. The Labute approximate surface area is 175 Å². The number of ether oxygens (including phenoxy) is 1. The highest BCUT2D eigenvalue weighted by atomic mass is 35.5. The molecule has 28 heavy (non-hydrogen) atoms. The summed E-state index contributed by atoms with van der Waals surface area (Å²) in [5.74, 6) is 0.615. The molecular weight excluding hydrogens is 372 g/mol. The molecule has 1 amide bonds. The van der Waals surface area contributed by atoms with E-state index >= 15 is 0 Å². The highest BCUT2D eigenvalue weighted by molar-refractivity contribution is 5.85. The average Bonchev–Trinajstić information content (AvgIpc) is 2.64. The maximum absolute atomic E-state index is 12.9.